The van der Waals surface area contributed by atoms with E-state index in [4.69, 9.17) is 0 Å². The van der Waals surface area contributed by atoms with Gasteiger partial charge in [-0.15, -0.1) is 0 Å². The first kappa shape index (κ1) is 20.5. The van der Waals surface area contributed by atoms with Gasteiger partial charge in [-0.05, 0) is 36.4 Å². The van der Waals surface area contributed by atoms with Crippen LogP contribution in [0.5, 0.6) is 0 Å². The summed E-state index contributed by atoms with van der Waals surface area (Å²) in [7, 11) is 0. The summed E-state index contributed by atoms with van der Waals surface area (Å²) in [5.74, 6) is -0.896. The summed E-state index contributed by atoms with van der Waals surface area (Å²) in [5, 5.41) is 18.5. The van der Waals surface area contributed by atoms with Crippen LogP contribution in [0.2, 0.25) is 0 Å². The Morgan fingerprint density at radius 1 is 0.938 bits per heavy atom. The normalized spacial score (nSPS) is 10.9. The third kappa shape index (κ3) is 4.51. The molecule has 3 N–H and O–H groups in total. The number of nitrogens with one attached hydrogen (secondary N) is 3. The second-order valence-electron chi connectivity index (χ2n) is 6.83. The molecule has 0 atom stereocenters. The predicted octanol–water partition coefficient (Wildman–Crippen LogP) is 4.09. The first-order valence-corrected chi connectivity index (χ1v) is 9.56. The highest BCUT2D eigenvalue weighted by Gasteiger charge is 2.12. The van der Waals surface area contributed by atoms with Crippen LogP contribution in [-0.2, 0) is 0 Å². The molecule has 0 aliphatic rings. The minimum Gasteiger partial charge on any atom is -0.361 e. The minimum absolute atomic E-state index is 0.160. The van der Waals surface area contributed by atoms with Crippen molar-refractivity contribution < 1.29 is 14.5 Å². The zero-order valence-corrected chi connectivity index (χ0v) is 16.6. The number of H-pyrrole nitrogens is 1. The Bertz CT molecular complexity index is 1340. The van der Waals surface area contributed by atoms with Crippen molar-refractivity contribution in [1.29, 1.82) is 0 Å². The van der Waals surface area contributed by atoms with Crippen molar-refractivity contribution in [2.75, 3.05) is 5.32 Å². The summed E-state index contributed by atoms with van der Waals surface area (Å²) in [6, 6.07) is 19.4. The molecule has 32 heavy (non-hydrogen) atoms. The Balaban J connectivity index is 1.37. The summed E-state index contributed by atoms with van der Waals surface area (Å²) in [6.07, 6.45) is 3.36. The number of hydrogen-bond acceptors (Lipinski definition) is 5. The molecule has 0 spiro atoms. The van der Waals surface area contributed by atoms with E-state index in [9.17, 15) is 19.7 Å². The lowest BCUT2D eigenvalue weighted by atomic mass is 10.1. The summed E-state index contributed by atoms with van der Waals surface area (Å²) >= 11 is 0. The van der Waals surface area contributed by atoms with Gasteiger partial charge in [0.05, 0.1) is 11.1 Å². The summed E-state index contributed by atoms with van der Waals surface area (Å²) in [6.45, 7) is 0. The maximum Gasteiger partial charge on any atom is 0.271 e. The molecule has 0 bridgehead atoms. The maximum atomic E-state index is 12.3. The van der Waals surface area contributed by atoms with E-state index < -0.39 is 16.7 Å². The number of non-ortho nitro benzene ring substituents is 1. The third-order valence-corrected chi connectivity index (χ3v) is 4.72. The number of nitro groups is 1. The van der Waals surface area contributed by atoms with E-state index in [0.29, 0.717) is 11.3 Å². The molecule has 4 aromatic rings. The van der Waals surface area contributed by atoms with E-state index in [2.05, 4.69) is 20.8 Å². The molecule has 0 saturated heterocycles. The highest BCUT2D eigenvalue weighted by molar-refractivity contribution is 6.05. The summed E-state index contributed by atoms with van der Waals surface area (Å²) in [4.78, 5) is 38.1. The summed E-state index contributed by atoms with van der Waals surface area (Å²) < 4.78 is 0. The maximum absolute atomic E-state index is 12.3. The number of aromatic nitrogens is 1. The molecule has 0 aliphatic carbocycles. The molecule has 4 rings (SSSR count). The second-order valence-corrected chi connectivity index (χ2v) is 6.83. The van der Waals surface area contributed by atoms with Gasteiger partial charge in [0.15, 0.2) is 0 Å². The molecule has 158 valence electrons. The van der Waals surface area contributed by atoms with E-state index in [1.807, 2.05) is 24.3 Å². The van der Waals surface area contributed by atoms with Gasteiger partial charge in [0.2, 0.25) is 0 Å². The van der Waals surface area contributed by atoms with E-state index in [1.165, 1.54) is 24.3 Å². The molecule has 1 heterocycles. The molecule has 2 amide bonds. The SMILES string of the molecule is O=C(N/N=C\c1c[nH]c2ccccc12)c1ccc(NC(=O)c2cccc([N+](=O)[O-])c2)cc1. The lowest BCUT2D eigenvalue weighted by Crippen LogP contribution is -2.17. The molecule has 0 radical (unpaired) electrons. The van der Waals surface area contributed by atoms with Gasteiger partial charge in [-0.2, -0.15) is 5.10 Å². The van der Waals surface area contributed by atoms with Gasteiger partial charge in [-0.1, -0.05) is 24.3 Å². The number of aromatic amines is 1. The molecule has 0 aliphatic heterocycles. The van der Waals surface area contributed by atoms with Crippen LogP contribution in [0.1, 0.15) is 26.3 Å². The smallest absolute Gasteiger partial charge is 0.271 e. The fourth-order valence-electron chi connectivity index (χ4n) is 3.09. The van der Waals surface area contributed by atoms with Crippen LogP contribution < -0.4 is 10.7 Å². The lowest BCUT2D eigenvalue weighted by molar-refractivity contribution is -0.384. The van der Waals surface area contributed by atoms with Gasteiger partial charge >= 0.3 is 0 Å². The minimum atomic E-state index is -0.564. The van der Waals surface area contributed by atoms with Crippen LogP contribution in [0, 0.1) is 10.1 Å². The lowest BCUT2D eigenvalue weighted by Gasteiger charge is -2.06. The largest absolute Gasteiger partial charge is 0.361 e. The zero-order chi connectivity index (χ0) is 22.5. The first-order valence-electron chi connectivity index (χ1n) is 9.56. The number of rotatable bonds is 6. The van der Waals surface area contributed by atoms with E-state index >= 15 is 0 Å². The number of hydrogen-bond donors (Lipinski definition) is 3. The molecular formula is C23H17N5O4. The van der Waals surface area contributed by atoms with Crippen molar-refractivity contribution in [3.05, 3.63) is 106 Å². The van der Waals surface area contributed by atoms with Crippen LogP contribution in [0.3, 0.4) is 0 Å². The van der Waals surface area contributed by atoms with Crippen molar-refractivity contribution in [2.24, 2.45) is 5.10 Å². The molecule has 0 fully saturated rings. The number of fused-ring (bicyclic) bond motifs is 1. The fraction of sp³-hybridized carbons (Fsp3) is 0. The molecule has 0 saturated carbocycles. The molecule has 9 nitrogen and oxygen atoms in total. The monoisotopic (exact) mass is 427 g/mol. The van der Waals surface area contributed by atoms with Gasteiger partial charge < -0.3 is 10.3 Å². The molecule has 9 heteroatoms. The van der Waals surface area contributed by atoms with Gasteiger partial charge in [0, 0.05) is 51.6 Å². The molecule has 0 unspecified atom stereocenters. The van der Waals surface area contributed by atoms with Crippen LogP contribution in [0.25, 0.3) is 10.9 Å². The highest BCUT2D eigenvalue weighted by Crippen LogP contribution is 2.17. The number of para-hydroxylation sites is 1. The number of anilines is 1. The average molecular weight is 427 g/mol. The van der Waals surface area contributed by atoms with Crippen molar-refractivity contribution in [3.63, 3.8) is 0 Å². The number of amides is 2. The van der Waals surface area contributed by atoms with Gasteiger partial charge in [0.25, 0.3) is 17.5 Å². The van der Waals surface area contributed by atoms with Crippen molar-refractivity contribution >= 4 is 40.3 Å². The van der Waals surface area contributed by atoms with E-state index in [0.717, 1.165) is 16.5 Å². The van der Waals surface area contributed by atoms with Crippen LogP contribution in [0.4, 0.5) is 11.4 Å². The van der Waals surface area contributed by atoms with Gasteiger partial charge in [0.1, 0.15) is 0 Å². The fourth-order valence-corrected chi connectivity index (χ4v) is 3.09. The quantitative estimate of drug-likeness (QED) is 0.243. The second kappa shape index (κ2) is 8.92. The van der Waals surface area contributed by atoms with Gasteiger partial charge in [-0.25, -0.2) is 5.43 Å². The number of carbonyl (C=O) groups excluding carboxylic acids is 2. The number of nitro benzene ring substituents is 1. The van der Waals surface area contributed by atoms with Crippen LogP contribution >= 0.6 is 0 Å². The van der Waals surface area contributed by atoms with Gasteiger partial charge in [-0.3, -0.25) is 19.7 Å². The summed E-state index contributed by atoms with van der Waals surface area (Å²) in [5.41, 5.74) is 5.08. The number of benzene rings is 3. The molecular weight excluding hydrogens is 410 g/mol. The Hall–Kier alpha value is -4.79. The Morgan fingerprint density at radius 2 is 1.72 bits per heavy atom. The zero-order valence-electron chi connectivity index (χ0n) is 16.6. The van der Waals surface area contributed by atoms with Crippen LogP contribution in [-0.4, -0.2) is 27.9 Å². The number of nitrogens with zero attached hydrogens (tertiary/aromatic N) is 2. The molecule has 3 aromatic carbocycles. The van der Waals surface area contributed by atoms with Crippen LogP contribution in [0.15, 0.2) is 84.1 Å². The first-order chi connectivity index (χ1) is 15.5. The Morgan fingerprint density at radius 3 is 2.50 bits per heavy atom. The number of hydrazone groups is 1. The third-order valence-electron chi connectivity index (χ3n) is 4.72. The molecule has 1 aromatic heterocycles. The van der Waals surface area contributed by atoms with Crippen molar-refractivity contribution in [1.82, 2.24) is 10.4 Å². The Labute approximate surface area is 181 Å². The standard InChI is InChI=1S/C23H17N5O4/c29-22(16-4-3-5-19(12-16)28(31)32)26-18-10-8-15(9-11-18)23(30)27-25-14-17-13-24-21-7-2-1-6-20(17)21/h1-14,24H,(H,26,29)(H,27,30)/b25-14-. The Kier molecular flexibility index (Phi) is 5.71. The highest BCUT2D eigenvalue weighted by atomic mass is 16.6. The number of carbonyl (C=O) groups is 2. The topological polar surface area (TPSA) is 129 Å². The van der Waals surface area contributed by atoms with E-state index in [-0.39, 0.29) is 11.3 Å². The van der Waals surface area contributed by atoms with Crippen molar-refractivity contribution in [2.45, 2.75) is 0 Å². The van der Waals surface area contributed by atoms with E-state index in [1.54, 1.807) is 36.7 Å². The predicted molar refractivity (Wildman–Crippen MR) is 121 cm³/mol. The van der Waals surface area contributed by atoms with Crippen molar-refractivity contribution in [3.8, 4) is 0 Å². The average Bonchev–Trinajstić information content (AvgIpc) is 3.22.